The van der Waals surface area contributed by atoms with Gasteiger partial charge in [-0.3, -0.25) is 4.79 Å². The Kier molecular flexibility index (Phi) is 5.31. The third-order valence-corrected chi connectivity index (χ3v) is 2.79. The lowest BCUT2D eigenvalue weighted by atomic mass is 10.3. The summed E-state index contributed by atoms with van der Waals surface area (Å²) in [5.74, 6) is -0.0885. The Balaban J connectivity index is 2.18. The highest BCUT2D eigenvalue weighted by Crippen LogP contribution is 2.10. The van der Waals surface area contributed by atoms with E-state index in [0.717, 1.165) is 17.8 Å². The first kappa shape index (κ1) is 12.5. The van der Waals surface area contributed by atoms with Gasteiger partial charge in [0.05, 0.1) is 11.2 Å². The third-order valence-electron chi connectivity index (χ3n) is 1.88. The summed E-state index contributed by atoms with van der Waals surface area (Å²) in [6, 6.07) is 0. The average Bonchev–Trinajstić information content (AvgIpc) is 2.70. The van der Waals surface area contributed by atoms with Crippen LogP contribution in [0.2, 0.25) is 0 Å². The van der Waals surface area contributed by atoms with Crippen molar-refractivity contribution >= 4 is 17.2 Å². The van der Waals surface area contributed by atoms with E-state index < -0.39 is 0 Å². The van der Waals surface area contributed by atoms with E-state index in [4.69, 9.17) is 5.53 Å². The number of nitrogens with zero attached hydrogens (tertiary/aromatic N) is 4. The molecule has 1 rings (SSSR count). The number of nitrogens with one attached hydrogen (secondary N) is 1. The van der Waals surface area contributed by atoms with Crippen molar-refractivity contribution in [3.63, 3.8) is 0 Å². The molecule has 1 aromatic rings. The van der Waals surface area contributed by atoms with Crippen molar-refractivity contribution in [2.24, 2.45) is 5.11 Å². The summed E-state index contributed by atoms with van der Waals surface area (Å²) in [6.07, 6.45) is 3.17. The maximum atomic E-state index is 11.5. The van der Waals surface area contributed by atoms with Gasteiger partial charge in [0.15, 0.2) is 0 Å². The van der Waals surface area contributed by atoms with Crippen LogP contribution in [0.25, 0.3) is 10.4 Å². The van der Waals surface area contributed by atoms with Gasteiger partial charge in [-0.25, -0.2) is 4.98 Å². The molecule has 86 valence electrons. The Morgan fingerprint density at radius 1 is 1.69 bits per heavy atom. The number of rotatable bonds is 6. The van der Waals surface area contributed by atoms with Gasteiger partial charge >= 0.3 is 0 Å². The molecule has 0 atom stereocenters. The molecule has 7 heteroatoms. The lowest BCUT2D eigenvalue weighted by molar-refractivity contribution is 0.0957. The van der Waals surface area contributed by atoms with Gasteiger partial charge in [-0.15, -0.1) is 11.3 Å². The van der Waals surface area contributed by atoms with Crippen LogP contribution in [0, 0.1) is 6.92 Å². The van der Waals surface area contributed by atoms with Crippen molar-refractivity contribution in [3.05, 3.63) is 26.5 Å². The number of carbonyl (C=O) groups excluding carboxylic acids is 1. The summed E-state index contributed by atoms with van der Waals surface area (Å²) in [4.78, 5) is 18.8. The largest absolute Gasteiger partial charge is 0.351 e. The fourth-order valence-corrected chi connectivity index (χ4v) is 1.80. The molecule has 0 unspecified atom stereocenters. The number of carbonyl (C=O) groups is 1. The van der Waals surface area contributed by atoms with E-state index >= 15 is 0 Å². The second kappa shape index (κ2) is 6.81. The molecule has 1 N–H and O–H groups in total. The standard InChI is InChI=1S/C9H13N5OS/c1-7-12-6-8(16-7)9(15)11-4-2-3-5-13-14-10/h6H,2-5H2,1H3,(H,11,15). The number of unbranched alkanes of at least 4 members (excludes halogenated alkanes) is 1. The van der Waals surface area contributed by atoms with Crippen LogP contribution in [0.4, 0.5) is 0 Å². The van der Waals surface area contributed by atoms with Crippen molar-refractivity contribution in [3.8, 4) is 0 Å². The van der Waals surface area contributed by atoms with E-state index in [-0.39, 0.29) is 5.91 Å². The van der Waals surface area contributed by atoms with Crippen LogP contribution in [0.15, 0.2) is 11.3 Å². The maximum Gasteiger partial charge on any atom is 0.263 e. The van der Waals surface area contributed by atoms with Crippen LogP contribution in [0.5, 0.6) is 0 Å². The van der Waals surface area contributed by atoms with Crippen LogP contribution < -0.4 is 5.32 Å². The summed E-state index contributed by atoms with van der Waals surface area (Å²) in [7, 11) is 0. The minimum Gasteiger partial charge on any atom is -0.351 e. The fourth-order valence-electron chi connectivity index (χ4n) is 1.11. The average molecular weight is 239 g/mol. The Morgan fingerprint density at radius 2 is 2.50 bits per heavy atom. The monoisotopic (exact) mass is 239 g/mol. The predicted molar refractivity (Wildman–Crippen MR) is 62.4 cm³/mol. The third kappa shape index (κ3) is 4.29. The molecule has 1 heterocycles. The van der Waals surface area contributed by atoms with Gasteiger partial charge < -0.3 is 5.32 Å². The summed E-state index contributed by atoms with van der Waals surface area (Å²) < 4.78 is 0. The zero-order valence-corrected chi connectivity index (χ0v) is 9.83. The molecule has 0 aliphatic carbocycles. The summed E-state index contributed by atoms with van der Waals surface area (Å²) >= 11 is 1.38. The van der Waals surface area contributed by atoms with Crippen LogP contribution in [-0.2, 0) is 0 Å². The van der Waals surface area contributed by atoms with E-state index in [2.05, 4.69) is 20.3 Å². The first-order valence-corrected chi connectivity index (χ1v) is 5.77. The molecule has 0 bridgehead atoms. The van der Waals surface area contributed by atoms with Gasteiger partial charge in [-0.05, 0) is 25.3 Å². The fraction of sp³-hybridized carbons (Fsp3) is 0.556. The molecule has 0 radical (unpaired) electrons. The molecule has 0 aliphatic rings. The van der Waals surface area contributed by atoms with Crippen LogP contribution in [0.1, 0.15) is 27.5 Å². The number of hydrogen-bond donors (Lipinski definition) is 1. The van der Waals surface area contributed by atoms with E-state index in [9.17, 15) is 4.79 Å². The number of hydrogen-bond acceptors (Lipinski definition) is 4. The molecule has 0 spiro atoms. The van der Waals surface area contributed by atoms with Gasteiger partial charge in [-0.2, -0.15) is 0 Å². The molecule has 1 aromatic heterocycles. The highest BCUT2D eigenvalue weighted by atomic mass is 32.1. The first-order chi connectivity index (χ1) is 7.74. The number of aryl methyl sites for hydroxylation is 1. The molecule has 0 aromatic carbocycles. The lowest BCUT2D eigenvalue weighted by Crippen LogP contribution is -2.23. The summed E-state index contributed by atoms with van der Waals surface area (Å²) in [5.41, 5.74) is 8.05. The predicted octanol–water partition coefficient (Wildman–Crippen LogP) is 2.27. The summed E-state index contributed by atoms with van der Waals surface area (Å²) in [5, 5.41) is 7.08. The van der Waals surface area contributed by atoms with Crippen molar-refractivity contribution in [1.82, 2.24) is 10.3 Å². The van der Waals surface area contributed by atoms with E-state index in [1.807, 2.05) is 6.92 Å². The molecule has 6 nitrogen and oxygen atoms in total. The molecular weight excluding hydrogens is 226 g/mol. The van der Waals surface area contributed by atoms with Crippen LogP contribution >= 0.6 is 11.3 Å². The Morgan fingerprint density at radius 3 is 3.12 bits per heavy atom. The molecule has 0 fully saturated rings. The van der Waals surface area contributed by atoms with E-state index in [1.54, 1.807) is 6.20 Å². The number of thiazole rings is 1. The number of azide groups is 1. The zero-order chi connectivity index (χ0) is 11.8. The highest BCUT2D eigenvalue weighted by molar-refractivity contribution is 7.13. The highest BCUT2D eigenvalue weighted by Gasteiger charge is 2.07. The second-order valence-electron chi connectivity index (χ2n) is 3.16. The van der Waals surface area contributed by atoms with E-state index in [0.29, 0.717) is 18.0 Å². The number of aromatic nitrogens is 1. The van der Waals surface area contributed by atoms with Crippen molar-refractivity contribution in [2.75, 3.05) is 13.1 Å². The smallest absolute Gasteiger partial charge is 0.263 e. The molecular formula is C9H13N5OS. The quantitative estimate of drug-likeness (QED) is 0.357. The van der Waals surface area contributed by atoms with Gasteiger partial charge in [-0.1, -0.05) is 5.11 Å². The number of amides is 1. The molecule has 16 heavy (non-hydrogen) atoms. The van der Waals surface area contributed by atoms with E-state index in [1.165, 1.54) is 11.3 Å². The molecule has 0 saturated heterocycles. The molecule has 0 aliphatic heterocycles. The minimum atomic E-state index is -0.0885. The topological polar surface area (TPSA) is 90.8 Å². The van der Waals surface area contributed by atoms with Crippen molar-refractivity contribution < 1.29 is 4.79 Å². The van der Waals surface area contributed by atoms with Crippen LogP contribution in [-0.4, -0.2) is 24.0 Å². The van der Waals surface area contributed by atoms with Gasteiger partial charge in [0, 0.05) is 18.0 Å². The first-order valence-electron chi connectivity index (χ1n) is 4.95. The maximum absolute atomic E-state index is 11.5. The Bertz CT molecular complexity index is 396. The van der Waals surface area contributed by atoms with Crippen LogP contribution in [0.3, 0.4) is 0 Å². The normalized spacial score (nSPS) is 9.56. The van der Waals surface area contributed by atoms with Gasteiger partial charge in [0.1, 0.15) is 4.88 Å². The zero-order valence-electron chi connectivity index (χ0n) is 9.01. The Labute approximate surface area is 97.3 Å². The van der Waals surface area contributed by atoms with Gasteiger partial charge in [0.2, 0.25) is 0 Å². The Hall–Kier alpha value is -1.59. The van der Waals surface area contributed by atoms with Crippen molar-refractivity contribution in [2.45, 2.75) is 19.8 Å². The SMILES string of the molecule is Cc1ncc(C(=O)NCCCCN=[N+]=[N-])s1. The molecule has 1 amide bonds. The lowest BCUT2D eigenvalue weighted by Gasteiger charge is -2.01. The summed E-state index contributed by atoms with van der Waals surface area (Å²) in [6.45, 7) is 2.93. The van der Waals surface area contributed by atoms with Crippen molar-refractivity contribution in [1.29, 1.82) is 0 Å². The minimum absolute atomic E-state index is 0.0885. The second-order valence-corrected chi connectivity index (χ2v) is 4.40. The van der Waals surface area contributed by atoms with Gasteiger partial charge in [0.25, 0.3) is 5.91 Å². The molecule has 0 saturated carbocycles.